The summed E-state index contributed by atoms with van der Waals surface area (Å²) in [4.78, 5) is 8.31. The summed E-state index contributed by atoms with van der Waals surface area (Å²) in [5.41, 5.74) is 0.921. The number of rotatable bonds is 5. The Morgan fingerprint density at radius 3 is 2.71 bits per heavy atom. The Labute approximate surface area is 121 Å². The first kappa shape index (κ1) is 13.3. The Hall–Kier alpha value is -2.64. The third-order valence-electron chi connectivity index (χ3n) is 3.00. The lowest BCUT2D eigenvalue weighted by Crippen LogP contribution is -2.14. The van der Waals surface area contributed by atoms with Crippen molar-refractivity contribution >= 4 is 0 Å². The smallest absolute Gasteiger partial charge is 0.182 e. The summed E-state index contributed by atoms with van der Waals surface area (Å²) < 4.78 is 3.61. The van der Waals surface area contributed by atoms with Crippen LogP contribution >= 0.6 is 0 Å². The fraction of sp³-hybridized carbons (Fsp3) is 0.385. The molecule has 0 saturated carbocycles. The van der Waals surface area contributed by atoms with Crippen LogP contribution in [0.25, 0.3) is 11.4 Å². The Kier molecular flexibility index (Phi) is 3.67. The van der Waals surface area contributed by atoms with E-state index in [1.807, 2.05) is 16.8 Å². The first-order valence-electron chi connectivity index (χ1n) is 6.77. The maximum absolute atomic E-state index is 4.30. The molecule has 0 fully saturated rings. The van der Waals surface area contributed by atoms with E-state index in [9.17, 15) is 0 Å². The number of pyridine rings is 1. The van der Waals surface area contributed by atoms with Gasteiger partial charge in [-0.15, -0.1) is 5.10 Å². The van der Waals surface area contributed by atoms with Crippen LogP contribution < -0.4 is 0 Å². The third kappa shape index (κ3) is 2.93. The zero-order valence-electron chi connectivity index (χ0n) is 12.0. The summed E-state index contributed by atoms with van der Waals surface area (Å²) in [6.45, 7) is 5.59. The number of nitrogens with zero attached hydrogens (tertiary/aromatic N) is 8. The van der Waals surface area contributed by atoms with Crippen LogP contribution in [0.15, 0.2) is 30.9 Å². The molecule has 0 bridgehead atoms. The molecule has 0 radical (unpaired) electrons. The zero-order valence-corrected chi connectivity index (χ0v) is 12.0. The standard InChI is InChI=1S/C13H16N8/c1-10(2)7-20-12(15-9-16-20)8-21-13(17-18-19-21)11-3-5-14-6-4-11/h3-6,9-10H,7-8H2,1-2H3. The monoisotopic (exact) mass is 284 g/mol. The Morgan fingerprint density at radius 1 is 1.14 bits per heavy atom. The van der Waals surface area contributed by atoms with Crippen molar-refractivity contribution in [2.24, 2.45) is 5.92 Å². The largest absolute Gasteiger partial charge is 0.265 e. The van der Waals surface area contributed by atoms with Gasteiger partial charge in [0, 0.05) is 24.5 Å². The minimum Gasteiger partial charge on any atom is -0.265 e. The van der Waals surface area contributed by atoms with Crippen molar-refractivity contribution < 1.29 is 0 Å². The molecule has 0 N–H and O–H groups in total. The van der Waals surface area contributed by atoms with E-state index in [1.165, 1.54) is 0 Å². The maximum Gasteiger partial charge on any atom is 0.182 e. The SMILES string of the molecule is CC(C)Cn1ncnc1Cn1nnnc1-c1ccncc1. The minimum absolute atomic E-state index is 0.484. The second-order valence-electron chi connectivity index (χ2n) is 5.15. The van der Waals surface area contributed by atoms with E-state index in [1.54, 1.807) is 23.4 Å². The number of hydrogen-bond donors (Lipinski definition) is 0. The fourth-order valence-electron chi connectivity index (χ4n) is 2.06. The highest BCUT2D eigenvalue weighted by molar-refractivity contribution is 5.53. The molecule has 21 heavy (non-hydrogen) atoms. The van der Waals surface area contributed by atoms with Gasteiger partial charge in [-0.05, 0) is 28.5 Å². The van der Waals surface area contributed by atoms with E-state index in [2.05, 4.69) is 44.4 Å². The summed E-state index contributed by atoms with van der Waals surface area (Å²) in [6, 6.07) is 3.75. The van der Waals surface area contributed by atoms with Crippen molar-refractivity contribution in [1.82, 2.24) is 40.0 Å². The zero-order chi connectivity index (χ0) is 14.7. The lowest BCUT2D eigenvalue weighted by Gasteiger charge is -2.09. The fourth-order valence-corrected chi connectivity index (χ4v) is 2.06. The van der Waals surface area contributed by atoms with Gasteiger partial charge in [0.15, 0.2) is 5.82 Å². The van der Waals surface area contributed by atoms with Crippen LogP contribution in [0, 0.1) is 5.92 Å². The van der Waals surface area contributed by atoms with Gasteiger partial charge in [-0.2, -0.15) is 5.10 Å². The average Bonchev–Trinajstić information content (AvgIpc) is 3.10. The van der Waals surface area contributed by atoms with Crippen LogP contribution in [0.2, 0.25) is 0 Å². The van der Waals surface area contributed by atoms with Crippen LogP contribution in [0.5, 0.6) is 0 Å². The molecule has 0 spiro atoms. The molecule has 3 aromatic rings. The predicted octanol–water partition coefficient (Wildman–Crippen LogP) is 1.03. The van der Waals surface area contributed by atoms with Gasteiger partial charge in [0.2, 0.25) is 0 Å². The molecule has 0 aliphatic rings. The highest BCUT2D eigenvalue weighted by atomic mass is 15.5. The quantitative estimate of drug-likeness (QED) is 0.695. The van der Waals surface area contributed by atoms with Gasteiger partial charge in [0.1, 0.15) is 18.7 Å². The second kappa shape index (κ2) is 5.78. The number of aromatic nitrogens is 8. The summed E-state index contributed by atoms with van der Waals surface area (Å²) in [5, 5.41) is 16.1. The highest BCUT2D eigenvalue weighted by Gasteiger charge is 2.13. The molecule has 0 aliphatic carbocycles. The van der Waals surface area contributed by atoms with Crippen molar-refractivity contribution in [3.8, 4) is 11.4 Å². The summed E-state index contributed by atoms with van der Waals surface area (Å²) in [5.74, 6) is 2.03. The normalized spacial score (nSPS) is 11.2. The van der Waals surface area contributed by atoms with E-state index in [0.29, 0.717) is 18.3 Å². The summed E-state index contributed by atoms with van der Waals surface area (Å²) in [6.07, 6.45) is 5.00. The average molecular weight is 284 g/mol. The van der Waals surface area contributed by atoms with E-state index >= 15 is 0 Å². The molecule has 0 aromatic carbocycles. The van der Waals surface area contributed by atoms with Gasteiger partial charge >= 0.3 is 0 Å². The summed E-state index contributed by atoms with van der Waals surface area (Å²) in [7, 11) is 0. The van der Waals surface area contributed by atoms with Gasteiger partial charge in [-0.25, -0.2) is 14.3 Å². The van der Waals surface area contributed by atoms with Gasteiger partial charge in [0.25, 0.3) is 0 Å². The molecule has 0 amide bonds. The van der Waals surface area contributed by atoms with E-state index in [-0.39, 0.29) is 0 Å². The topological polar surface area (TPSA) is 87.2 Å². The Bertz CT molecular complexity index is 700. The molecular formula is C13H16N8. The first-order valence-corrected chi connectivity index (χ1v) is 6.77. The molecule has 0 saturated heterocycles. The van der Waals surface area contributed by atoms with Crippen molar-refractivity contribution in [2.75, 3.05) is 0 Å². The predicted molar refractivity (Wildman–Crippen MR) is 75.0 cm³/mol. The Balaban J connectivity index is 1.87. The minimum atomic E-state index is 0.484. The van der Waals surface area contributed by atoms with Crippen LogP contribution in [-0.4, -0.2) is 40.0 Å². The molecule has 3 rings (SSSR count). The molecular weight excluding hydrogens is 268 g/mol. The lowest BCUT2D eigenvalue weighted by atomic mass is 10.2. The third-order valence-corrected chi connectivity index (χ3v) is 3.00. The molecule has 8 nitrogen and oxygen atoms in total. The van der Waals surface area contributed by atoms with Crippen molar-refractivity contribution in [2.45, 2.75) is 26.9 Å². The number of tetrazole rings is 1. The second-order valence-corrected chi connectivity index (χ2v) is 5.15. The van der Waals surface area contributed by atoms with Crippen LogP contribution in [-0.2, 0) is 13.1 Å². The molecule has 3 aromatic heterocycles. The van der Waals surface area contributed by atoms with Gasteiger partial charge < -0.3 is 0 Å². The lowest BCUT2D eigenvalue weighted by molar-refractivity contribution is 0.455. The molecule has 0 aliphatic heterocycles. The highest BCUT2D eigenvalue weighted by Crippen LogP contribution is 2.14. The molecule has 0 atom stereocenters. The van der Waals surface area contributed by atoms with Gasteiger partial charge in [0.05, 0.1) is 0 Å². The molecule has 0 unspecified atom stereocenters. The Morgan fingerprint density at radius 2 is 1.95 bits per heavy atom. The molecule has 8 heteroatoms. The van der Waals surface area contributed by atoms with Gasteiger partial charge in [-0.1, -0.05) is 13.8 Å². The maximum atomic E-state index is 4.30. The van der Waals surface area contributed by atoms with Crippen LogP contribution in [0.1, 0.15) is 19.7 Å². The molecule has 3 heterocycles. The van der Waals surface area contributed by atoms with Gasteiger partial charge in [-0.3, -0.25) is 4.98 Å². The summed E-state index contributed by atoms with van der Waals surface area (Å²) >= 11 is 0. The van der Waals surface area contributed by atoms with E-state index in [0.717, 1.165) is 17.9 Å². The first-order chi connectivity index (χ1) is 10.2. The molecule has 108 valence electrons. The van der Waals surface area contributed by atoms with Crippen molar-refractivity contribution in [3.05, 3.63) is 36.7 Å². The van der Waals surface area contributed by atoms with E-state index < -0.39 is 0 Å². The van der Waals surface area contributed by atoms with Crippen LogP contribution in [0.4, 0.5) is 0 Å². The number of hydrogen-bond acceptors (Lipinski definition) is 6. The van der Waals surface area contributed by atoms with Crippen molar-refractivity contribution in [3.63, 3.8) is 0 Å². The van der Waals surface area contributed by atoms with E-state index in [4.69, 9.17) is 0 Å². The van der Waals surface area contributed by atoms with Crippen LogP contribution in [0.3, 0.4) is 0 Å². The van der Waals surface area contributed by atoms with Crippen molar-refractivity contribution in [1.29, 1.82) is 0 Å².